The molecule has 9 atom stereocenters. The van der Waals surface area contributed by atoms with Crippen LogP contribution in [0.2, 0.25) is 0 Å². The number of ketones is 6. The summed E-state index contributed by atoms with van der Waals surface area (Å²) in [5.74, 6) is -10.6. The van der Waals surface area contributed by atoms with Crippen LogP contribution in [0, 0.1) is 46.3 Å². The summed E-state index contributed by atoms with van der Waals surface area (Å²) in [5, 5.41) is 24.0. The number of phenols is 1. The van der Waals surface area contributed by atoms with Gasteiger partial charge >= 0.3 is 0 Å². The number of rotatable bonds is 9. The van der Waals surface area contributed by atoms with E-state index in [9.17, 15) is 39.0 Å². The quantitative estimate of drug-likeness (QED) is 0.363. The van der Waals surface area contributed by atoms with Gasteiger partial charge in [-0.25, -0.2) is 0 Å². The Morgan fingerprint density at radius 3 is 2.11 bits per heavy atom. The van der Waals surface area contributed by atoms with Crippen LogP contribution in [0.15, 0.2) is 12.1 Å². The molecule has 0 spiro atoms. The smallest absolute Gasteiger partial charge is 0.190 e. The molecule has 0 radical (unpaired) electrons. The Hall–Kier alpha value is -3.00. The summed E-state index contributed by atoms with van der Waals surface area (Å²) in [7, 11) is 0. The fourth-order valence-electron chi connectivity index (χ4n) is 9.45. The number of hydrogen-bond acceptors (Lipinski definition) is 8. The van der Waals surface area contributed by atoms with Crippen molar-refractivity contribution in [3.05, 3.63) is 28.8 Å². The highest BCUT2D eigenvalue weighted by atomic mass is 16.3. The van der Waals surface area contributed by atoms with Crippen molar-refractivity contribution in [3.8, 4) is 5.75 Å². The van der Waals surface area contributed by atoms with Crippen LogP contribution in [0.25, 0.3) is 0 Å². The van der Waals surface area contributed by atoms with Crippen LogP contribution in [0.3, 0.4) is 0 Å². The van der Waals surface area contributed by atoms with Crippen molar-refractivity contribution >= 4 is 34.7 Å². The van der Waals surface area contributed by atoms with Crippen LogP contribution in [-0.2, 0) is 30.4 Å². The minimum absolute atomic E-state index is 0.0220. The molecule has 8 nitrogen and oxygen atoms in total. The van der Waals surface area contributed by atoms with E-state index in [1.807, 2.05) is 20.8 Å². The predicted molar refractivity (Wildman–Crippen MR) is 164 cm³/mol. The number of carbonyl (C=O) groups is 6. The number of Topliss-reactive ketones (excluding diaryl/α,β-unsaturated/α-hetero) is 6. The number of aliphatic hydroxyl groups is 1. The maximum atomic E-state index is 14.7. The lowest BCUT2D eigenvalue weighted by Gasteiger charge is -2.66. The first-order valence-corrected chi connectivity index (χ1v) is 16.2. The van der Waals surface area contributed by atoms with Crippen LogP contribution in [-0.4, -0.2) is 50.5 Å². The molecule has 0 bridgehead atoms. The molecule has 4 rings (SSSR count). The zero-order chi connectivity index (χ0) is 33.3. The van der Waals surface area contributed by atoms with Crippen molar-refractivity contribution in [2.45, 2.75) is 106 Å². The van der Waals surface area contributed by atoms with Crippen LogP contribution >= 0.6 is 0 Å². The van der Waals surface area contributed by atoms with Crippen LogP contribution < -0.4 is 0 Å². The number of phenolic OH excluding ortho intramolecular Hbond substituents is 1. The second-order valence-corrected chi connectivity index (χ2v) is 14.4. The monoisotopic (exact) mass is 608 g/mol. The lowest BCUT2D eigenvalue weighted by atomic mass is 9.35. The van der Waals surface area contributed by atoms with Gasteiger partial charge in [-0.1, -0.05) is 73.9 Å². The minimum atomic E-state index is -2.76. The molecule has 4 unspecified atom stereocenters. The highest BCUT2D eigenvalue weighted by Gasteiger charge is 2.79. The topological polar surface area (TPSA) is 143 Å². The van der Waals surface area contributed by atoms with Gasteiger partial charge in [-0.2, -0.15) is 0 Å². The molecule has 0 amide bonds. The number of fused-ring (bicyclic) bond motifs is 3. The Kier molecular flexibility index (Phi) is 8.79. The molecule has 0 aromatic heterocycles. The lowest BCUT2D eigenvalue weighted by Crippen LogP contribution is -2.79. The van der Waals surface area contributed by atoms with E-state index in [1.54, 1.807) is 46.8 Å². The van der Waals surface area contributed by atoms with E-state index < -0.39 is 80.9 Å². The molecule has 8 heteroatoms. The average molecular weight is 609 g/mol. The van der Waals surface area contributed by atoms with Crippen molar-refractivity contribution in [3.63, 3.8) is 0 Å². The Labute approximate surface area is 260 Å². The highest BCUT2D eigenvalue weighted by Crippen LogP contribution is 2.69. The van der Waals surface area contributed by atoms with Crippen molar-refractivity contribution in [1.29, 1.82) is 0 Å². The first-order chi connectivity index (χ1) is 20.4. The summed E-state index contributed by atoms with van der Waals surface area (Å²) in [5.41, 5.74) is -4.52. The van der Waals surface area contributed by atoms with E-state index in [-0.39, 0.29) is 29.4 Å². The zero-order valence-corrected chi connectivity index (χ0v) is 27.6. The molecule has 0 aliphatic heterocycles. The molecular weight excluding hydrogens is 560 g/mol. The zero-order valence-electron chi connectivity index (χ0n) is 27.6. The molecule has 3 aliphatic carbocycles. The number of aromatic hydroxyl groups is 1. The first-order valence-electron chi connectivity index (χ1n) is 16.2. The molecule has 3 aliphatic rings. The molecule has 0 heterocycles. The van der Waals surface area contributed by atoms with Gasteiger partial charge in [0.05, 0.1) is 11.5 Å². The fraction of sp³-hybridized carbons (Fsp3) is 0.667. The van der Waals surface area contributed by atoms with Gasteiger partial charge in [-0.05, 0) is 60.5 Å². The van der Waals surface area contributed by atoms with Gasteiger partial charge in [0, 0.05) is 23.7 Å². The summed E-state index contributed by atoms with van der Waals surface area (Å²) >= 11 is 0. The maximum Gasteiger partial charge on any atom is 0.190 e. The fourth-order valence-corrected chi connectivity index (χ4v) is 9.45. The third kappa shape index (κ3) is 4.26. The normalized spacial score (nSPS) is 35.7. The summed E-state index contributed by atoms with van der Waals surface area (Å²) in [6.07, 6.45) is 2.79. The van der Waals surface area contributed by atoms with Gasteiger partial charge in [0.15, 0.2) is 28.7 Å². The lowest BCUT2D eigenvalue weighted by molar-refractivity contribution is -0.222. The first kappa shape index (κ1) is 33.9. The van der Waals surface area contributed by atoms with Crippen molar-refractivity contribution in [2.75, 3.05) is 0 Å². The third-order valence-electron chi connectivity index (χ3n) is 12.0. The van der Waals surface area contributed by atoms with Crippen molar-refractivity contribution in [2.24, 2.45) is 46.3 Å². The molecule has 2 fully saturated rings. The van der Waals surface area contributed by atoms with E-state index in [2.05, 4.69) is 0 Å². The number of hydrogen-bond donors (Lipinski definition) is 2. The second kappa shape index (κ2) is 11.4. The van der Waals surface area contributed by atoms with Gasteiger partial charge in [0.25, 0.3) is 0 Å². The predicted octanol–water partition coefficient (Wildman–Crippen LogP) is 5.23. The Morgan fingerprint density at radius 1 is 0.977 bits per heavy atom. The van der Waals surface area contributed by atoms with Gasteiger partial charge < -0.3 is 10.2 Å². The molecule has 2 N–H and O–H groups in total. The standard InChI is InChI=1S/C36H48O8/c1-10-12-21(24(38)13-11-2)16-22-14-15-23-18(5)34(8)20(7)35(9)27(17(3)4)30(40)25(19(6)37)32(42)36(35,44)33(43)28(34)31(41)26(23)29(22)39/h14-15,17-18,20-21,25,27-28,39,44H,10-13,16H2,1-9H3/t18-,20-,21?,25?,27?,28?,34-,35-,36+/m1/s1. The SMILES string of the molecule is CCCC(=O)C(CCC)Cc1ccc2c(c1O)C(=O)C1C(=O)[C@@]3(O)C(=O)C(C(C)=O)C(=O)C(C(C)C)[C@@]3(C)[C@H](C)[C@@]1(C)[C@@H]2C. The summed E-state index contributed by atoms with van der Waals surface area (Å²) in [6, 6.07) is 3.53. The Balaban J connectivity index is 1.93. The molecule has 2 saturated carbocycles. The highest BCUT2D eigenvalue weighted by molar-refractivity contribution is 6.32. The molecule has 0 saturated heterocycles. The molecular formula is C36H48O8. The van der Waals surface area contributed by atoms with Gasteiger partial charge in [0.1, 0.15) is 23.2 Å². The van der Waals surface area contributed by atoms with E-state index >= 15 is 0 Å². The minimum Gasteiger partial charge on any atom is -0.507 e. The largest absolute Gasteiger partial charge is 0.507 e. The summed E-state index contributed by atoms with van der Waals surface area (Å²) in [6.45, 7) is 15.6. The van der Waals surface area contributed by atoms with Crippen molar-refractivity contribution < 1.29 is 39.0 Å². The number of carbonyl (C=O) groups excluding carboxylic acids is 6. The molecule has 240 valence electrons. The van der Waals surface area contributed by atoms with E-state index in [4.69, 9.17) is 0 Å². The molecule has 44 heavy (non-hydrogen) atoms. The van der Waals surface area contributed by atoms with Gasteiger partial charge in [-0.3, -0.25) is 28.8 Å². The van der Waals surface area contributed by atoms with Gasteiger partial charge in [0.2, 0.25) is 0 Å². The average Bonchev–Trinajstić information content (AvgIpc) is 2.94. The van der Waals surface area contributed by atoms with E-state index in [0.29, 0.717) is 30.4 Å². The third-order valence-corrected chi connectivity index (χ3v) is 12.0. The maximum absolute atomic E-state index is 14.7. The van der Waals surface area contributed by atoms with Gasteiger partial charge in [-0.15, -0.1) is 0 Å². The van der Waals surface area contributed by atoms with E-state index in [1.165, 1.54) is 0 Å². The number of benzene rings is 1. The van der Waals surface area contributed by atoms with Crippen LogP contribution in [0.4, 0.5) is 0 Å². The van der Waals surface area contributed by atoms with E-state index in [0.717, 1.165) is 13.3 Å². The Bertz CT molecular complexity index is 1440. The second-order valence-electron chi connectivity index (χ2n) is 14.4. The summed E-state index contributed by atoms with van der Waals surface area (Å²) < 4.78 is 0. The Morgan fingerprint density at radius 2 is 1.59 bits per heavy atom. The van der Waals surface area contributed by atoms with Crippen molar-refractivity contribution in [1.82, 2.24) is 0 Å². The van der Waals surface area contributed by atoms with Crippen LogP contribution in [0.5, 0.6) is 5.75 Å². The molecule has 1 aromatic rings. The van der Waals surface area contributed by atoms with Crippen LogP contribution in [0.1, 0.15) is 115 Å². The summed E-state index contributed by atoms with van der Waals surface area (Å²) in [4.78, 5) is 82.5. The molecule has 1 aromatic carbocycles.